The highest BCUT2D eigenvalue weighted by atomic mass is 35.5. The molecule has 4 heterocycles. The third-order valence-corrected chi connectivity index (χ3v) is 15.7. The second-order valence-electron chi connectivity index (χ2n) is 17.7. The highest BCUT2D eigenvalue weighted by molar-refractivity contribution is 6.74. The fourth-order valence-electron chi connectivity index (χ4n) is 6.86. The molecule has 304 valence electrons. The van der Waals surface area contributed by atoms with E-state index in [2.05, 4.69) is 43.9 Å². The van der Waals surface area contributed by atoms with Crippen LogP contribution in [0.3, 0.4) is 0 Å². The Hall–Kier alpha value is -3.11. The Bertz CT molecular complexity index is 1900. The van der Waals surface area contributed by atoms with Gasteiger partial charge in [-0.05, 0) is 71.0 Å². The molecule has 0 N–H and O–H groups in total. The number of hydrogen-bond acceptors (Lipinski definition) is 9. The Labute approximate surface area is 333 Å². The molecule has 0 bridgehead atoms. The van der Waals surface area contributed by atoms with E-state index in [-0.39, 0.29) is 23.6 Å². The van der Waals surface area contributed by atoms with Gasteiger partial charge >= 0.3 is 12.3 Å². The average molecular weight is 829 g/mol. The molecule has 2 aliphatic rings. The first-order valence-electron chi connectivity index (χ1n) is 18.3. The summed E-state index contributed by atoms with van der Waals surface area (Å²) in [5, 5.41) is 5.06. The molecular formula is C38H54Cl2F3N7O4Si. The lowest BCUT2D eigenvalue weighted by atomic mass is 9.72. The first-order chi connectivity index (χ1) is 25.2. The fourth-order valence-corrected chi connectivity index (χ4v) is 8.60. The standard InChI is InChI=1S/C38H54Cl2F3N7O4Si/c1-23-29(30-24(2)31(40)46-48(30)10)44-32(45-33(23)50-20-37(21-50)18-49(19-37)22-38(41,42)43)27-15-25(13-14-28(27)39)52-17-26(54-55(11,12)36(6,7)8)16-47(9)34(51)53-35(3,4)5/h13-15,26H,16-22H2,1-12H3. The van der Waals surface area contributed by atoms with Crippen LogP contribution in [0.25, 0.3) is 22.8 Å². The van der Waals surface area contributed by atoms with E-state index in [1.54, 1.807) is 37.0 Å². The summed E-state index contributed by atoms with van der Waals surface area (Å²) in [4.78, 5) is 28.0. The number of likely N-dealkylation sites (N-methyl/N-ethyl adjacent to an activating group) is 1. The topological polar surface area (TPSA) is 98.1 Å². The van der Waals surface area contributed by atoms with Gasteiger partial charge in [0.15, 0.2) is 19.3 Å². The number of likely N-dealkylation sites (tertiary alicyclic amines) is 1. The smallest absolute Gasteiger partial charge is 0.410 e. The van der Waals surface area contributed by atoms with Crippen molar-refractivity contribution >= 4 is 43.4 Å². The van der Waals surface area contributed by atoms with Crippen LogP contribution in [0.5, 0.6) is 5.75 Å². The van der Waals surface area contributed by atoms with Crippen LogP contribution in [-0.4, -0.2) is 115 Å². The van der Waals surface area contributed by atoms with Gasteiger partial charge in [-0.3, -0.25) is 9.58 Å². The summed E-state index contributed by atoms with van der Waals surface area (Å²) in [6, 6.07) is 5.26. The lowest BCUT2D eigenvalue weighted by molar-refractivity contribution is -0.172. The fraction of sp³-hybridized carbons (Fsp3) is 0.632. The number of amides is 1. The van der Waals surface area contributed by atoms with Crippen LogP contribution in [0.1, 0.15) is 52.7 Å². The van der Waals surface area contributed by atoms with Crippen molar-refractivity contribution in [2.75, 3.05) is 57.8 Å². The number of aromatic nitrogens is 4. The second kappa shape index (κ2) is 15.3. The quantitative estimate of drug-likeness (QED) is 0.176. The van der Waals surface area contributed by atoms with Crippen molar-refractivity contribution in [2.45, 2.75) is 91.4 Å². The number of anilines is 1. The maximum absolute atomic E-state index is 13.0. The second-order valence-corrected chi connectivity index (χ2v) is 23.2. The number of rotatable bonds is 11. The maximum Gasteiger partial charge on any atom is 0.410 e. The molecule has 55 heavy (non-hydrogen) atoms. The molecule has 1 atom stereocenters. The van der Waals surface area contributed by atoms with Crippen LogP contribution >= 0.6 is 23.2 Å². The van der Waals surface area contributed by atoms with Crippen molar-refractivity contribution < 1.29 is 31.9 Å². The van der Waals surface area contributed by atoms with Crippen molar-refractivity contribution in [3.63, 3.8) is 0 Å². The zero-order valence-corrected chi connectivity index (χ0v) is 36.4. The van der Waals surface area contributed by atoms with Crippen molar-refractivity contribution in [3.05, 3.63) is 39.5 Å². The third kappa shape index (κ3) is 9.89. The summed E-state index contributed by atoms with van der Waals surface area (Å²) in [5.41, 5.74) is 2.52. The molecule has 2 saturated heterocycles. The number of ether oxygens (including phenoxy) is 2. The number of alkyl halides is 3. The van der Waals surface area contributed by atoms with E-state index in [9.17, 15) is 18.0 Å². The lowest BCUT2D eigenvalue weighted by Gasteiger charge is -2.61. The molecule has 17 heteroatoms. The third-order valence-electron chi connectivity index (χ3n) is 10.5. The number of hydrogen-bond donors (Lipinski definition) is 0. The highest BCUT2D eigenvalue weighted by Gasteiger charge is 2.54. The van der Waals surface area contributed by atoms with Crippen molar-refractivity contribution in [1.29, 1.82) is 0 Å². The summed E-state index contributed by atoms with van der Waals surface area (Å²) >= 11 is 13.3. The van der Waals surface area contributed by atoms with Gasteiger partial charge in [0.25, 0.3) is 0 Å². The Morgan fingerprint density at radius 1 is 1.02 bits per heavy atom. The normalized spacial score (nSPS) is 16.9. The molecular weight excluding hydrogens is 774 g/mol. The summed E-state index contributed by atoms with van der Waals surface area (Å²) in [5.74, 6) is 1.50. The Kier molecular flexibility index (Phi) is 12.0. The van der Waals surface area contributed by atoms with E-state index < -0.39 is 38.8 Å². The lowest BCUT2D eigenvalue weighted by Crippen LogP contribution is -2.73. The minimum atomic E-state index is -4.23. The molecule has 2 fully saturated rings. The molecule has 0 radical (unpaired) electrons. The zero-order chi connectivity index (χ0) is 41.1. The molecule has 0 saturated carbocycles. The Morgan fingerprint density at radius 3 is 2.20 bits per heavy atom. The number of aryl methyl sites for hydroxylation is 1. The first-order valence-corrected chi connectivity index (χ1v) is 22.0. The van der Waals surface area contributed by atoms with Gasteiger partial charge in [-0.2, -0.15) is 18.3 Å². The maximum atomic E-state index is 13.0. The van der Waals surface area contributed by atoms with Gasteiger partial charge in [0.1, 0.15) is 23.8 Å². The number of carbonyl (C=O) groups excluding carboxylic acids is 1. The summed E-state index contributed by atoms with van der Waals surface area (Å²) < 4.78 is 59.5. The Morgan fingerprint density at radius 2 is 1.65 bits per heavy atom. The molecule has 2 aliphatic heterocycles. The van der Waals surface area contributed by atoms with Crippen LogP contribution in [0.4, 0.5) is 23.8 Å². The summed E-state index contributed by atoms with van der Waals surface area (Å²) in [6.07, 6.45) is -5.16. The zero-order valence-electron chi connectivity index (χ0n) is 33.9. The molecule has 1 amide bonds. The molecule has 0 aliphatic carbocycles. The van der Waals surface area contributed by atoms with E-state index in [4.69, 9.17) is 47.1 Å². The molecule has 11 nitrogen and oxygen atoms in total. The van der Waals surface area contributed by atoms with Gasteiger partial charge in [0, 0.05) is 62.4 Å². The average Bonchev–Trinajstić information content (AvgIpc) is 3.25. The largest absolute Gasteiger partial charge is 0.491 e. The van der Waals surface area contributed by atoms with Crippen LogP contribution in [-0.2, 0) is 16.2 Å². The van der Waals surface area contributed by atoms with Gasteiger partial charge in [0.05, 0.1) is 35.6 Å². The van der Waals surface area contributed by atoms with Crippen molar-refractivity contribution in [2.24, 2.45) is 12.5 Å². The molecule has 3 aromatic rings. The van der Waals surface area contributed by atoms with E-state index in [0.29, 0.717) is 70.7 Å². The van der Waals surface area contributed by atoms with E-state index in [1.165, 1.54) is 9.80 Å². The molecule has 1 spiro atoms. The highest BCUT2D eigenvalue weighted by Crippen LogP contribution is 2.45. The molecule has 2 aromatic heterocycles. The number of benzene rings is 1. The monoisotopic (exact) mass is 827 g/mol. The number of carbonyl (C=O) groups is 1. The van der Waals surface area contributed by atoms with Gasteiger partial charge in [-0.15, -0.1) is 0 Å². The molecule has 1 aromatic carbocycles. The van der Waals surface area contributed by atoms with Crippen LogP contribution in [0.2, 0.25) is 28.3 Å². The molecule has 5 rings (SSSR count). The van der Waals surface area contributed by atoms with Crippen LogP contribution in [0.15, 0.2) is 18.2 Å². The van der Waals surface area contributed by atoms with Crippen LogP contribution < -0.4 is 9.64 Å². The van der Waals surface area contributed by atoms with E-state index >= 15 is 0 Å². The van der Waals surface area contributed by atoms with Gasteiger partial charge < -0.3 is 23.7 Å². The predicted octanol–water partition coefficient (Wildman–Crippen LogP) is 8.79. The van der Waals surface area contributed by atoms with Gasteiger partial charge in [-0.1, -0.05) is 44.0 Å². The SMILES string of the molecule is Cc1c(-c2c(C)c(Cl)nn2C)nc(-c2cc(OCC(CN(C)C(=O)OC(C)(C)C)O[Si](C)(C)C(C)(C)C)ccc2Cl)nc1N1CC2(CN(CC(F)(F)F)C2)C1. The minimum absolute atomic E-state index is 0.0883. The predicted molar refractivity (Wildman–Crippen MR) is 213 cm³/mol. The van der Waals surface area contributed by atoms with Gasteiger partial charge in [-0.25, -0.2) is 14.8 Å². The summed E-state index contributed by atoms with van der Waals surface area (Å²) in [6.45, 7) is 21.4. The van der Waals surface area contributed by atoms with Crippen molar-refractivity contribution in [1.82, 2.24) is 29.5 Å². The van der Waals surface area contributed by atoms with E-state index in [0.717, 1.165) is 11.1 Å². The van der Waals surface area contributed by atoms with Gasteiger partial charge in [0.2, 0.25) is 0 Å². The minimum Gasteiger partial charge on any atom is -0.491 e. The summed E-state index contributed by atoms with van der Waals surface area (Å²) in [7, 11) is 1.18. The first kappa shape index (κ1) is 43.0. The van der Waals surface area contributed by atoms with E-state index in [1.807, 2.05) is 34.6 Å². The van der Waals surface area contributed by atoms with Crippen molar-refractivity contribution in [3.8, 4) is 28.5 Å². The number of halogens is 5. The number of nitrogens with zero attached hydrogens (tertiary/aromatic N) is 7. The van der Waals surface area contributed by atoms with Crippen LogP contribution in [0, 0.1) is 19.3 Å². The Balaban J connectivity index is 1.45. The molecule has 1 unspecified atom stereocenters.